The smallest absolute Gasteiger partial charge is 0.449 e. The molecule has 4 rings (SSSR count). The molecule has 164 valence electrons. The summed E-state index contributed by atoms with van der Waals surface area (Å²) < 4.78 is 10.1. The lowest BCUT2D eigenvalue weighted by Gasteiger charge is -2.41. The number of anilines is 2. The molecule has 2 aliphatic rings. The van der Waals surface area contributed by atoms with Gasteiger partial charge in [0.25, 0.3) is 0 Å². The number of carbonyl (C=O) groups excluding carboxylic acids is 1. The van der Waals surface area contributed by atoms with Crippen LogP contribution < -0.4 is 15.4 Å². The summed E-state index contributed by atoms with van der Waals surface area (Å²) in [5, 5.41) is 15.4. The van der Waals surface area contributed by atoms with Crippen molar-refractivity contribution in [3.8, 4) is 5.75 Å². The Balaban J connectivity index is 1.53. The summed E-state index contributed by atoms with van der Waals surface area (Å²) in [6.45, 7) is 6.63. The van der Waals surface area contributed by atoms with Gasteiger partial charge in [0.1, 0.15) is 5.75 Å². The van der Waals surface area contributed by atoms with Gasteiger partial charge >= 0.3 is 12.2 Å². The molecule has 0 aliphatic carbocycles. The minimum absolute atomic E-state index is 0.0199. The van der Waals surface area contributed by atoms with Crippen LogP contribution in [0.15, 0.2) is 42.5 Å². The van der Waals surface area contributed by atoms with Crippen LogP contribution in [-0.2, 0) is 11.2 Å². The van der Waals surface area contributed by atoms with Crippen molar-refractivity contribution in [3.63, 3.8) is 0 Å². The minimum Gasteiger partial charge on any atom is -0.449 e. The highest BCUT2D eigenvalue weighted by Gasteiger charge is 2.36. The standard InChI is InChI=1S/C23H27N3O5/c1-23(2)14-16-13-18(31-22(28)29)6-7-19(16)25-20(23)15-4-3-5-17(12-15)24-21(27)26-8-10-30-11-9-26/h3-7,12-13,20,25H,8-11,14H2,1-2H3,(H,24,27)(H,28,29). The number of hydrogen-bond acceptors (Lipinski definition) is 5. The van der Waals surface area contributed by atoms with Crippen LogP contribution in [0.3, 0.4) is 0 Å². The first-order valence-corrected chi connectivity index (χ1v) is 10.4. The molecule has 0 aromatic heterocycles. The number of nitrogens with zero attached hydrogens (tertiary/aromatic N) is 1. The Bertz CT molecular complexity index is 985. The Kier molecular flexibility index (Phi) is 5.73. The topological polar surface area (TPSA) is 100 Å². The maximum absolute atomic E-state index is 12.5. The van der Waals surface area contributed by atoms with Crippen molar-refractivity contribution in [3.05, 3.63) is 53.6 Å². The predicted molar refractivity (Wildman–Crippen MR) is 117 cm³/mol. The number of morpholine rings is 1. The third kappa shape index (κ3) is 4.74. The van der Waals surface area contributed by atoms with E-state index in [0.29, 0.717) is 32.1 Å². The summed E-state index contributed by atoms with van der Waals surface area (Å²) >= 11 is 0. The van der Waals surface area contributed by atoms with E-state index in [4.69, 9.17) is 14.6 Å². The molecule has 2 amide bonds. The van der Waals surface area contributed by atoms with Crippen LogP contribution >= 0.6 is 0 Å². The second kappa shape index (κ2) is 8.47. The molecule has 1 saturated heterocycles. The molecule has 8 heteroatoms. The largest absolute Gasteiger partial charge is 0.511 e. The van der Waals surface area contributed by atoms with E-state index in [1.54, 1.807) is 17.0 Å². The maximum Gasteiger partial charge on any atom is 0.511 e. The second-order valence-corrected chi connectivity index (χ2v) is 8.58. The molecule has 2 heterocycles. The van der Waals surface area contributed by atoms with Crippen molar-refractivity contribution >= 4 is 23.6 Å². The van der Waals surface area contributed by atoms with Gasteiger partial charge in [0.05, 0.1) is 19.3 Å². The molecule has 1 unspecified atom stereocenters. The molecular formula is C23H27N3O5. The number of benzene rings is 2. The number of urea groups is 1. The minimum atomic E-state index is -1.32. The highest BCUT2D eigenvalue weighted by Crippen LogP contribution is 2.45. The van der Waals surface area contributed by atoms with Gasteiger partial charge in [-0.15, -0.1) is 0 Å². The highest BCUT2D eigenvalue weighted by atomic mass is 16.7. The second-order valence-electron chi connectivity index (χ2n) is 8.58. The van der Waals surface area contributed by atoms with Crippen LogP contribution in [0.2, 0.25) is 0 Å². The normalized spacial score (nSPS) is 19.7. The van der Waals surface area contributed by atoms with Gasteiger partial charge in [-0.1, -0.05) is 26.0 Å². The molecular weight excluding hydrogens is 398 g/mol. The van der Waals surface area contributed by atoms with Crippen LogP contribution in [0, 0.1) is 5.41 Å². The number of hydrogen-bond donors (Lipinski definition) is 3. The Hall–Kier alpha value is -3.26. The van der Waals surface area contributed by atoms with Crippen molar-refractivity contribution in [2.24, 2.45) is 5.41 Å². The lowest BCUT2D eigenvalue weighted by atomic mass is 9.73. The van der Waals surface area contributed by atoms with E-state index in [0.717, 1.165) is 28.9 Å². The molecule has 0 bridgehead atoms. The summed E-state index contributed by atoms with van der Waals surface area (Å²) in [5.74, 6) is 0.315. The first kappa shape index (κ1) is 21.0. The third-order valence-electron chi connectivity index (χ3n) is 5.78. The Morgan fingerprint density at radius 3 is 2.71 bits per heavy atom. The fourth-order valence-corrected chi connectivity index (χ4v) is 4.26. The van der Waals surface area contributed by atoms with Gasteiger partial charge in [0.2, 0.25) is 0 Å². The Morgan fingerprint density at radius 1 is 1.19 bits per heavy atom. The van der Waals surface area contributed by atoms with Crippen LogP contribution in [0.1, 0.15) is 31.0 Å². The van der Waals surface area contributed by atoms with E-state index >= 15 is 0 Å². The van der Waals surface area contributed by atoms with Crippen molar-refractivity contribution in [2.45, 2.75) is 26.3 Å². The molecule has 0 saturated carbocycles. The summed E-state index contributed by atoms with van der Waals surface area (Å²) in [4.78, 5) is 25.1. The van der Waals surface area contributed by atoms with Crippen LogP contribution in [0.5, 0.6) is 5.75 Å². The quantitative estimate of drug-likeness (QED) is 0.500. The average molecular weight is 425 g/mol. The number of amides is 2. The zero-order valence-corrected chi connectivity index (χ0v) is 17.7. The van der Waals surface area contributed by atoms with Gasteiger partial charge in [-0.25, -0.2) is 9.59 Å². The van der Waals surface area contributed by atoms with Gasteiger partial charge in [0, 0.05) is 24.5 Å². The molecule has 3 N–H and O–H groups in total. The molecule has 8 nitrogen and oxygen atoms in total. The van der Waals surface area contributed by atoms with E-state index in [1.165, 1.54) is 0 Å². The van der Waals surface area contributed by atoms with Gasteiger partial charge in [-0.3, -0.25) is 0 Å². The van der Waals surface area contributed by atoms with Gasteiger partial charge in [0.15, 0.2) is 0 Å². The maximum atomic E-state index is 12.5. The molecule has 2 aliphatic heterocycles. The van der Waals surface area contributed by atoms with E-state index in [-0.39, 0.29) is 17.5 Å². The monoisotopic (exact) mass is 425 g/mol. The Morgan fingerprint density at radius 2 is 1.97 bits per heavy atom. The molecule has 1 atom stereocenters. The number of carbonyl (C=O) groups is 2. The molecule has 2 aromatic carbocycles. The fraction of sp³-hybridized carbons (Fsp3) is 0.391. The third-order valence-corrected chi connectivity index (χ3v) is 5.78. The summed E-state index contributed by atoms with van der Waals surface area (Å²) in [5.41, 5.74) is 3.63. The number of ether oxygens (including phenoxy) is 2. The van der Waals surface area contributed by atoms with Gasteiger partial charge < -0.3 is 30.1 Å². The summed E-state index contributed by atoms with van der Waals surface area (Å²) in [6, 6.07) is 13.1. The van der Waals surface area contributed by atoms with Crippen molar-refractivity contribution in [1.29, 1.82) is 0 Å². The first-order chi connectivity index (χ1) is 14.8. The average Bonchev–Trinajstić information content (AvgIpc) is 2.73. The van der Waals surface area contributed by atoms with Gasteiger partial charge in [-0.2, -0.15) is 0 Å². The first-order valence-electron chi connectivity index (χ1n) is 10.4. The van der Waals surface area contributed by atoms with E-state index in [1.807, 2.05) is 24.3 Å². The highest BCUT2D eigenvalue weighted by molar-refractivity contribution is 5.89. The van der Waals surface area contributed by atoms with E-state index in [9.17, 15) is 9.59 Å². The SMILES string of the molecule is CC1(C)Cc2cc(OC(=O)O)ccc2NC1c1cccc(NC(=O)N2CCOCC2)c1. The molecule has 0 radical (unpaired) electrons. The molecule has 31 heavy (non-hydrogen) atoms. The van der Waals surface area contributed by atoms with Crippen molar-refractivity contribution in [2.75, 3.05) is 36.9 Å². The number of carboxylic acid groups (broad SMARTS) is 1. The number of fused-ring (bicyclic) bond motifs is 1. The van der Waals surface area contributed by atoms with Gasteiger partial charge in [-0.05, 0) is 53.3 Å². The molecule has 0 spiro atoms. The Labute approximate surface area is 181 Å². The number of rotatable bonds is 3. The van der Waals surface area contributed by atoms with Crippen LogP contribution in [0.25, 0.3) is 0 Å². The van der Waals surface area contributed by atoms with Crippen LogP contribution in [-0.4, -0.2) is 48.5 Å². The molecule has 1 fully saturated rings. The molecule has 2 aromatic rings. The van der Waals surface area contributed by atoms with E-state index in [2.05, 4.69) is 30.5 Å². The van der Waals surface area contributed by atoms with Crippen molar-refractivity contribution in [1.82, 2.24) is 4.90 Å². The number of nitrogens with one attached hydrogen (secondary N) is 2. The lowest BCUT2D eigenvalue weighted by molar-refractivity contribution is 0.0564. The summed E-state index contributed by atoms with van der Waals surface area (Å²) in [6.07, 6.45) is -0.571. The van der Waals surface area contributed by atoms with E-state index < -0.39 is 6.16 Å². The zero-order chi connectivity index (χ0) is 22.0. The lowest BCUT2D eigenvalue weighted by Crippen LogP contribution is -2.43. The van der Waals surface area contributed by atoms with Crippen LogP contribution in [0.4, 0.5) is 21.0 Å². The fourth-order valence-electron chi connectivity index (χ4n) is 4.26. The van der Waals surface area contributed by atoms with Crippen molar-refractivity contribution < 1.29 is 24.2 Å². The zero-order valence-electron chi connectivity index (χ0n) is 17.7. The predicted octanol–water partition coefficient (Wildman–Crippen LogP) is 4.34. The summed E-state index contributed by atoms with van der Waals surface area (Å²) in [7, 11) is 0.